The van der Waals surface area contributed by atoms with Crippen molar-refractivity contribution in [2.75, 3.05) is 13.6 Å². The first-order chi connectivity index (χ1) is 8.66. The van der Waals surface area contributed by atoms with Gasteiger partial charge in [-0.25, -0.2) is 12.8 Å². The van der Waals surface area contributed by atoms with E-state index in [2.05, 4.69) is 0 Å². The van der Waals surface area contributed by atoms with E-state index in [1.807, 2.05) is 0 Å². The van der Waals surface area contributed by atoms with Crippen molar-refractivity contribution in [3.63, 3.8) is 0 Å². The molecule has 7 nitrogen and oxygen atoms in total. The lowest BCUT2D eigenvalue weighted by molar-refractivity contribution is -0.385. The van der Waals surface area contributed by atoms with Crippen molar-refractivity contribution in [1.29, 1.82) is 0 Å². The molecule has 1 unspecified atom stereocenters. The molecular weight excluding hydrogens is 279 g/mol. The topological polar surface area (TPSA) is 101 Å². The number of halogens is 1. The SMILES string of the molecule is CC(O)CN(C)S(=O)(=O)c1ccc([N+](=O)[O-])cc1F. The molecular formula is C10H13FN2O5S. The van der Waals surface area contributed by atoms with Crippen molar-refractivity contribution >= 4 is 15.7 Å². The van der Waals surface area contributed by atoms with Crippen LogP contribution in [0.3, 0.4) is 0 Å². The summed E-state index contributed by atoms with van der Waals surface area (Å²) >= 11 is 0. The molecule has 0 heterocycles. The second-order valence-corrected chi connectivity index (χ2v) is 6.02. The van der Waals surface area contributed by atoms with Gasteiger partial charge in [-0.2, -0.15) is 4.31 Å². The molecule has 1 atom stereocenters. The van der Waals surface area contributed by atoms with Gasteiger partial charge in [0.25, 0.3) is 5.69 Å². The molecule has 0 aliphatic heterocycles. The minimum Gasteiger partial charge on any atom is -0.392 e. The molecule has 1 aromatic rings. The van der Waals surface area contributed by atoms with Crippen LogP contribution in [0.1, 0.15) is 6.92 Å². The molecule has 0 fully saturated rings. The first-order valence-electron chi connectivity index (χ1n) is 5.24. The first kappa shape index (κ1) is 15.5. The van der Waals surface area contributed by atoms with Gasteiger partial charge in [-0.15, -0.1) is 0 Å². The Labute approximate surface area is 109 Å². The van der Waals surface area contributed by atoms with Crippen molar-refractivity contribution in [2.24, 2.45) is 0 Å². The molecule has 0 saturated heterocycles. The van der Waals surface area contributed by atoms with E-state index in [0.29, 0.717) is 6.07 Å². The molecule has 9 heteroatoms. The molecule has 1 rings (SSSR count). The summed E-state index contributed by atoms with van der Waals surface area (Å²) < 4.78 is 38.4. The summed E-state index contributed by atoms with van der Waals surface area (Å²) in [5, 5.41) is 19.6. The molecule has 0 aliphatic carbocycles. The molecule has 0 spiro atoms. The predicted molar refractivity (Wildman–Crippen MR) is 64.6 cm³/mol. The third kappa shape index (κ3) is 3.46. The highest BCUT2D eigenvalue weighted by molar-refractivity contribution is 7.89. The Morgan fingerprint density at radius 1 is 1.53 bits per heavy atom. The Morgan fingerprint density at radius 2 is 2.11 bits per heavy atom. The summed E-state index contributed by atoms with van der Waals surface area (Å²) in [5.41, 5.74) is -0.533. The molecule has 1 aromatic carbocycles. The number of aliphatic hydroxyl groups excluding tert-OH is 1. The third-order valence-corrected chi connectivity index (χ3v) is 4.19. The molecule has 0 amide bonds. The van der Waals surface area contributed by atoms with E-state index in [9.17, 15) is 22.9 Å². The van der Waals surface area contributed by atoms with Crippen LogP contribution >= 0.6 is 0 Å². The van der Waals surface area contributed by atoms with Crippen LogP contribution in [-0.2, 0) is 10.0 Å². The summed E-state index contributed by atoms with van der Waals surface area (Å²) in [7, 11) is -2.95. The largest absolute Gasteiger partial charge is 0.392 e. The quantitative estimate of drug-likeness (QED) is 0.637. The third-order valence-electron chi connectivity index (χ3n) is 2.34. The second kappa shape index (κ2) is 5.59. The molecule has 0 bridgehead atoms. The number of nitrogens with zero attached hydrogens (tertiary/aromatic N) is 2. The van der Waals surface area contributed by atoms with Gasteiger partial charge in [-0.1, -0.05) is 0 Å². The van der Waals surface area contributed by atoms with Crippen LogP contribution in [0.2, 0.25) is 0 Å². The number of nitro benzene ring substituents is 1. The molecule has 0 saturated carbocycles. The van der Waals surface area contributed by atoms with E-state index in [1.54, 1.807) is 0 Å². The minimum absolute atomic E-state index is 0.210. The van der Waals surface area contributed by atoms with E-state index in [-0.39, 0.29) is 6.54 Å². The lowest BCUT2D eigenvalue weighted by Crippen LogP contribution is -2.33. The van der Waals surface area contributed by atoms with E-state index in [4.69, 9.17) is 5.11 Å². The Bertz CT molecular complexity index is 588. The molecule has 0 aromatic heterocycles. The van der Waals surface area contributed by atoms with Crippen LogP contribution in [0, 0.1) is 15.9 Å². The monoisotopic (exact) mass is 292 g/mol. The minimum atomic E-state index is -4.13. The van der Waals surface area contributed by atoms with Gasteiger partial charge in [0.15, 0.2) is 0 Å². The maximum Gasteiger partial charge on any atom is 0.272 e. The van der Waals surface area contributed by atoms with Gasteiger partial charge in [0.2, 0.25) is 10.0 Å². The summed E-state index contributed by atoms with van der Waals surface area (Å²) in [5.74, 6) is -1.20. The number of benzene rings is 1. The fourth-order valence-electron chi connectivity index (χ4n) is 1.45. The van der Waals surface area contributed by atoms with E-state index in [0.717, 1.165) is 16.4 Å². The Kier molecular flexibility index (Phi) is 4.56. The van der Waals surface area contributed by atoms with E-state index in [1.165, 1.54) is 14.0 Å². The van der Waals surface area contributed by atoms with E-state index < -0.39 is 37.5 Å². The Morgan fingerprint density at radius 3 is 2.53 bits per heavy atom. The van der Waals surface area contributed by atoms with Crippen LogP contribution in [0.5, 0.6) is 0 Å². The van der Waals surface area contributed by atoms with Crippen molar-refractivity contribution < 1.29 is 22.8 Å². The van der Waals surface area contributed by atoms with Crippen molar-refractivity contribution in [1.82, 2.24) is 4.31 Å². The summed E-state index contributed by atoms with van der Waals surface area (Å²) in [6.07, 6.45) is -0.916. The number of hydrogen-bond acceptors (Lipinski definition) is 5. The van der Waals surface area contributed by atoms with Crippen LogP contribution in [0.4, 0.5) is 10.1 Å². The zero-order valence-electron chi connectivity index (χ0n) is 10.3. The second-order valence-electron chi connectivity index (χ2n) is 4.01. The van der Waals surface area contributed by atoms with Gasteiger partial charge in [0.1, 0.15) is 10.7 Å². The zero-order valence-corrected chi connectivity index (χ0v) is 11.1. The number of likely N-dealkylation sites (N-methyl/N-ethyl adjacent to an activating group) is 1. The van der Waals surface area contributed by atoms with Gasteiger partial charge in [-0.3, -0.25) is 10.1 Å². The Hall–Kier alpha value is -1.58. The van der Waals surface area contributed by atoms with Crippen LogP contribution < -0.4 is 0 Å². The maximum atomic E-state index is 13.6. The van der Waals surface area contributed by atoms with Crippen molar-refractivity contribution in [2.45, 2.75) is 17.9 Å². The van der Waals surface area contributed by atoms with Crippen LogP contribution in [0.15, 0.2) is 23.1 Å². The normalized spacial score (nSPS) is 13.5. The number of non-ortho nitro benzene ring substituents is 1. The fraction of sp³-hybridized carbons (Fsp3) is 0.400. The first-order valence-corrected chi connectivity index (χ1v) is 6.68. The van der Waals surface area contributed by atoms with Gasteiger partial charge in [0, 0.05) is 19.7 Å². The van der Waals surface area contributed by atoms with Gasteiger partial charge in [-0.05, 0) is 13.0 Å². The average molecular weight is 292 g/mol. The molecule has 0 radical (unpaired) electrons. The highest BCUT2D eigenvalue weighted by atomic mass is 32.2. The molecule has 106 valence electrons. The van der Waals surface area contributed by atoms with Gasteiger partial charge in [0.05, 0.1) is 17.1 Å². The maximum absolute atomic E-state index is 13.6. The average Bonchev–Trinajstić information content (AvgIpc) is 2.27. The number of nitro groups is 1. The number of aliphatic hydroxyl groups is 1. The standard InChI is InChI=1S/C10H13FN2O5S/c1-7(14)6-12(2)19(17,18)10-4-3-8(13(15)16)5-9(10)11/h3-5,7,14H,6H2,1-2H3. The van der Waals surface area contributed by atoms with Crippen molar-refractivity contribution in [3.8, 4) is 0 Å². The highest BCUT2D eigenvalue weighted by Crippen LogP contribution is 2.22. The molecule has 1 N–H and O–H groups in total. The van der Waals surface area contributed by atoms with Crippen LogP contribution in [0.25, 0.3) is 0 Å². The summed E-state index contributed by atoms with van der Waals surface area (Å²) in [6.45, 7) is 1.18. The molecule has 19 heavy (non-hydrogen) atoms. The Balaban J connectivity index is 3.19. The molecule has 0 aliphatic rings. The summed E-state index contributed by atoms with van der Waals surface area (Å²) in [6, 6.07) is 2.29. The van der Waals surface area contributed by atoms with Crippen molar-refractivity contribution in [3.05, 3.63) is 34.1 Å². The fourth-order valence-corrected chi connectivity index (χ4v) is 2.74. The van der Waals surface area contributed by atoms with E-state index >= 15 is 0 Å². The van der Waals surface area contributed by atoms with Gasteiger partial charge < -0.3 is 5.11 Å². The lowest BCUT2D eigenvalue weighted by atomic mass is 10.3. The highest BCUT2D eigenvalue weighted by Gasteiger charge is 2.26. The van der Waals surface area contributed by atoms with Crippen LogP contribution in [-0.4, -0.2) is 42.4 Å². The predicted octanol–water partition coefficient (Wildman–Crippen LogP) is 0.735. The number of sulfonamides is 1. The smallest absolute Gasteiger partial charge is 0.272 e. The number of hydrogen-bond donors (Lipinski definition) is 1. The number of rotatable bonds is 5. The van der Waals surface area contributed by atoms with Gasteiger partial charge >= 0.3 is 0 Å². The lowest BCUT2D eigenvalue weighted by Gasteiger charge is -2.18. The summed E-state index contributed by atoms with van der Waals surface area (Å²) in [4.78, 5) is 8.95. The zero-order chi connectivity index (χ0) is 14.8.